The summed E-state index contributed by atoms with van der Waals surface area (Å²) in [5.74, 6) is -0.570. The van der Waals surface area contributed by atoms with Gasteiger partial charge in [-0.15, -0.1) is 0 Å². The molecule has 0 aliphatic rings. The number of hydrogen-bond acceptors (Lipinski definition) is 4. The molecule has 0 heterocycles. The van der Waals surface area contributed by atoms with Crippen LogP contribution in [-0.4, -0.2) is 51.0 Å². The lowest BCUT2D eigenvalue weighted by molar-refractivity contribution is -0.140. The Morgan fingerprint density at radius 2 is 1.65 bits per heavy atom. The van der Waals surface area contributed by atoms with E-state index in [1.165, 1.54) is 16.3 Å². The number of sulfonamides is 1. The van der Waals surface area contributed by atoms with Crippen molar-refractivity contribution in [3.05, 3.63) is 63.6 Å². The van der Waals surface area contributed by atoms with Crippen molar-refractivity contribution in [1.82, 2.24) is 10.2 Å². The van der Waals surface area contributed by atoms with Crippen molar-refractivity contribution in [3.8, 4) is 0 Å². The number of amides is 2. The molecule has 0 spiro atoms. The fourth-order valence-electron chi connectivity index (χ4n) is 3.53. The lowest BCUT2D eigenvalue weighted by Crippen LogP contribution is -2.46. The summed E-state index contributed by atoms with van der Waals surface area (Å²) in [6.45, 7) is 3.98. The minimum atomic E-state index is -3.53. The van der Waals surface area contributed by atoms with Gasteiger partial charge in [-0.25, -0.2) is 8.42 Å². The van der Waals surface area contributed by atoms with Crippen LogP contribution in [0.2, 0.25) is 10.0 Å². The summed E-state index contributed by atoms with van der Waals surface area (Å²) in [5, 5.41) is 3.32. The van der Waals surface area contributed by atoms with E-state index >= 15 is 0 Å². The van der Waals surface area contributed by atoms with E-state index in [0.29, 0.717) is 22.2 Å². The molecular formula is C24H31Cl2N3O4S. The molecule has 7 nitrogen and oxygen atoms in total. The molecule has 186 valence electrons. The number of benzene rings is 2. The number of rotatable bonds is 11. The minimum Gasteiger partial charge on any atom is -0.357 e. The average Bonchev–Trinajstić information content (AvgIpc) is 2.80. The Kier molecular flexibility index (Phi) is 10.2. The fraction of sp³-hybridized carbons (Fsp3) is 0.417. The number of carbonyl (C=O) groups is 2. The van der Waals surface area contributed by atoms with Crippen LogP contribution in [-0.2, 0) is 32.6 Å². The SMILES string of the molecule is CCc1ccc(N(CCCC(=O)N(Cc2ccc(Cl)c(Cl)c2)[C@@H](C)C(=O)NC)S(C)(=O)=O)cc1. The molecule has 2 aromatic carbocycles. The average molecular weight is 529 g/mol. The van der Waals surface area contributed by atoms with Crippen molar-refractivity contribution in [2.45, 2.75) is 45.7 Å². The molecule has 0 radical (unpaired) electrons. The van der Waals surface area contributed by atoms with Gasteiger partial charge in [0.1, 0.15) is 6.04 Å². The zero-order valence-corrected chi connectivity index (χ0v) is 22.2. The first-order valence-corrected chi connectivity index (χ1v) is 13.6. The number of nitrogens with one attached hydrogen (secondary N) is 1. The van der Waals surface area contributed by atoms with E-state index in [1.807, 2.05) is 19.1 Å². The van der Waals surface area contributed by atoms with E-state index in [-0.39, 0.29) is 31.3 Å². The molecule has 0 saturated carbocycles. The highest BCUT2D eigenvalue weighted by Crippen LogP contribution is 2.24. The Balaban J connectivity index is 2.15. The Morgan fingerprint density at radius 1 is 1.03 bits per heavy atom. The van der Waals surface area contributed by atoms with E-state index in [1.54, 1.807) is 37.3 Å². The maximum absolute atomic E-state index is 13.1. The van der Waals surface area contributed by atoms with Gasteiger partial charge < -0.3 is 10.2 Å². The van der Waals surface area contributed by atoms with Crippen molar-refractivity contribution in [3.63, 3.8) is 0 Å². The highest BCUT2D eigenvalue weighted by Gasteiger charge is 2.26. The Hall–Kier alpha value is -2.29. The largest absolute Gasteiger partial charge is 0.357 e. The zero-order valence-electron chi connectivity index (χ0n) is 19.8. The third-order valence-corrected chi connectivity index (χ3v) is 7.47. The van der Waals surface area contributed by atoms with Crippen molar-refractivity contribution < 1.29 is 18.0 Å². The van der Waals surface area contributed by atoms with Gasteiger partial charge in [-0.05, 0) is 55.2 Å². The van der Waals surface area contributed by atoms with Crippen molar-refractivity contribution >= 4 is 50.7 Å². The van der Waals surface area contributed by atoms with Crippen LogP contribution in [0.1, 0.15) is 37.8 Å². The third kappa shape index (κ3) is 7.61. The lowest BCUT2D eigenvalue weighted by Gasteiger charge is -2.29. The van der Waals surface area contributed by atoms with E-state index in [9.17, 15) is 18.0 Å². The molecule has 1 atom stereocenters. The predicted octanol–water partition coefficient (Wildman–Crippen LogP) is 4.27. The van der Waals surface area contributed by atoms with Crippen LogP contribution in [0.5, 0.6) is 0 Å². The fourth-order valence-corrected chi connectivity index (χ4v) is 4.81. The van der Waals surface area contributed by atoms with Crippen molar-refractivity contribution in [1.29, 1.82) is 0 Å². The number of likely N-dealkylation sites (N-methyl/N-ethyl adjacent to an activating group) is 1. The zero-order chi connectivity index (χ0) is 25.5. The number of anilines is 1. The highest BCUT2D eigenvalue weighted by molar-refractivity contribution is 7.92. The van der Waals surface area contributed by atoms with Gasteiger partial charge in [0.05, 0.1) is 22.0 Å². The molecule has 34 heavy (non-hydrogen) atoms. The summed E-state index contributed by atoms with van der Waals surface area (Å²) in [5.41, 5.74) is 2.39. The summed E-state index contributed by atoms with van der Waals surface area (Å²) in [6, 6.07) is 11.6. The smallest absolute Gasteiger partial charge is 0.242 e. The molecule has 0 unspecified atom stereocenters. The first-order valence-electron chi connectivity index (χ1n) is 11.0. The highest BCUT2D eigenvalue weighted by atomic mass is 35.5. The van der Waals surface area contributed by atoms with E-state index < -0.39 is 16.1 Å². The quantitative estimate of drug-likeness (QED) is 0.472. The molecule has 1 N–H and O–H groups in total. The Labute approximate surface area is 212 Å². The number of carbonyl (C=O) groups excluding carboxylic acids is 2. The van der Waals surface area contributed by atoms with Gasteiger partial charge in [0, 0.05) is 26.6 Å². The van der Waals surface area contributed by atoms with Gasteiger partial charge in [0.25, 0.3) is 0 Å². The predicted molar refractivity (Wildman–Crippen MR) is 138 cm³/mol. The summed E-state index contributed by atoms with van der Waals surface area (Å²) in [6.07, 6.45) is 2.36. The van der Waals surface area contributed by atoms with Gasteiger partial charge in [0.2, 0.25) is 21.8 Å². The topological polar surface area (TPSA) is 86.8 Å². The number of nitrogens with zero attached hydrogens (tertiary/aromatic N) is 2. The second-order valence-electron chi connectivity index (χ2n) is 8.02. The van der Waals surface area contributed by atoms with Crippen LogP contribution in [0.3, 0.4) is 0 Å². The van der Waals surface area contributed by atoms with E-state index in [2.05, 4.69) is 5.32 Å². The van der Waals surface area contributed by atoms with E-state index in [4.69, 9.17) is 23.2 Å². The standard InChI is InChI=1S/C24H31Cl2N3O4S/c1-5-18-8-11-20(12-9-18)29(34(4,32)33)14-6-7-23(30)28(17(2)24(31)27-3)16-19-10-13-21(25)22(26)15-19/h8-13,15,17H,5-7,14,16H2,1-4H3,(H,27,31)/t17-/m0/s1. The van der Waals surface area contributed by atoms with Crippen LogP contribution in [0.25, 0.3) is 0 Å². The molecule has 0 aromatic heterocycles. The monoisotopic (exact) mass is 527 g/mol. The van der Waals surface area contributed by atoms with Crippen LogP contribution in [0.4, 0.5) is 5.69 Å². The van der Waals surface area contributed by atoms with Crippen molar-refractivity contribution in [2.24, 2.45) is 0 Å². The third-order valence-electron chi connectivity index (χ3n) is 5.54. The summed E-state index contributed by atoms with van der Waals surface area (Å²) >= 11 is 12.1. The first kappa shape index (κ1) is 28.0. The number of halogens is 2. The van der Waals surface area contributed by atoms with E-state index in [0.717, 1.165) is 23.8 Å². The molecular weight excluding hydrogens is 497 g/mol. The lowest BCUT2D eigenvalue weighted by atomic mass is 10.1. The number of hydrogen-bond donors (Lipinski definition) is 1. The van der Waals surface area contributed by atoms with Gasteiger partial charge in [-0.1, -0.05) is 48.3 Å². The maximum atomic E-state index is 13.1. The summed E-state index contributed by atoms with van der Waals surface area (Å²) in [4.78, 5) is 26.9. The summed E-state index contributed by atoms with van der Waals surface area (Å²) in [7, 11) is -2.02. The molecule has 0 saturated heterocycles. The Morgan fingerprint density at radius 3 is 2.18 bits per heavy atom. The van der Waals surface area contributed by atoms with Gasteiger partial charge in [-0.2, -0.15) is 0 Å². The number of aryl methyl sites for hydroxylation is 1. The second kappa shape index (κ2) is 12.4. The maximum Gasteiger partial charge on any atom is 0.242 e. The van der Waals surface area contributed by atoms with Crippen molar-refractivity contribution in [2.75, 3.05) is 24.2 Å². The molecule has 0 fully saturated rings. The molecule has 10 heteroatoms. The van der Waals surface area contributed by atoms with Crippen LogP contribution in [0.15, 0.2) is 42.5 Å². The molecule has 0 aliphatic heterocycles. The molecule has 0 aliphatic carbocycles. The molecule has 2 amide bonds. The minimum absolute atomic E-state index is 0.0712. The van der Waals surface area contributed by atoms with Crippen LogP contribution >= 0.6 is 23.2 Å². The summed E-state index contributed by atoms with van der Waals surface area (Å²) < 4.78 is 26.1. The van der Waals surface area contributed by atoms with Crippen LogP contribution < -0.4 is 9.62 Å². The first-order chi connectivity index (χ1) is 16.0. The van der Waals surface area contributed by atoms with Gasteiger partial charge in [-0.3, -0.25) is 13.9 Å². The molecule has 2 aromatic rings. The molecule has 2 rings (SSSR count). The van der Waals surface area contributed by atoms with Crippen LogP contribution in [0, 0.1) is 0 Å². The van der Waals surface area contributed by atoms with Gasteiger partial charge in [0.15, 0.2) is 0 Å². The Bertz CT molecular complexity index is 1110. The molecule has 0 bridgehead atoms. The normalized spacial score (nSPS) is 12.2. The van der Waals surface area contributed by atoms with Gasteiger partial charge >= 0.3 is 0 Å². The second-order valence-corrected chi connectivity index (χ2v) is 10.7.